The minimum Gasteiger partial charge on any atom is -0.484 e. The molecule has 0 saturated carbocycles. The number of aryl methyl sites for hydroxylation is 2. The number of halogens is 1. The van der Waals surface area contributed by atoms with Crippen LogP contribution in [0, 0.1) is 13.8 Å². The van der Waals surface area contributed by atoms with Crippen LogP contribution in [-0.2, 0) is 16.1 Å². The highest BCUT2D eigenvalue weighted by atomic mass is 35.5. The molecule has 162 valence electrons. The number of hydrogen-bond donors (Lipinski definition) is 1. The van der Waals surface area contributed by atoms with E-state index < -0.39 is 6.04 Å². The van der Waals surface area contributed by atoms with Crippen LogP contribution >= 0.6 is 11.6 Å². The molecule has 2 aromatic carbocycles. The number of benzene rings is 2. The third-order valence-electron chi connectivity index (χ3n) is 4.96. The molecule has 0 aromatic heterocycles. The van der Waals surface area contributed by atoms with Gasteiger partial charge < -0.3 is 15.0 Å². The van der Waals surface area contributed by atoms with Crippen LogP contribution in [0.4, 0.5) is 0 Å². The number of rotatable bonds is 9. The van der Waals surface area contributed by atoms with Crippen LogP contribution in [0.25, 0.3) is 0 Å². The van der Waals surface area contributed by atoms with Crippen molar-refractivity contribution in [3.05, 3.63) is 64.2 Å². The summed E-state index contributed by atoms with van der Waals surface area (Å²) in [4.78, 5) is 27.5. The van der Waals surface area contributed by atoms with Gasteiger partial charge in [0.15, 0.2) is 6.61 Å². The maximum absolute atomic E-state index is 13.2. The Kier molecular flexibility index (Phi) is 8.72. The zero-order valence-electron chi connectivity index (χ0n) is 18.4. The first-order valence-corrected chi connectivity index (χ1v) is 10.6. The molecule has 1 unspecified atom stereocenters. The number of ether oxygens (including phenoxy) is 1. The highest BCUT2D eigenvalue weighted by Crippen LogP contribution is 2.21. The molecule has 0 fully saturated rings. The first kappa shape index (κ1) is 23.7. The third-order valence-corrected chi connectivity index (χ3v) is 5.32. The molecule has 1 N–H and O–H groups in total. The van der Waals surface area contributed by atoms with Crippen LogP contribution < -0.4 is 10.1 Å². The molecule has 1 atom stereocenters. The van der Waals surface area contributed by atoms with Crippen molar-refractivity contribution in [2.45, 2.75) is 59.7 Å². The quantitative estimate of drug-likeness (QED) is 0.629. The predicted octanol–water partition coefficient (Wildman–Crippen LogP) is 4.67. The molecule has 0 radical (unpaired) electrons. The van der Waals surface area contributed by atoms with Crippen LogP contribution in [0.3, 0.4) is 0 Å². The van der Waals surface area contributed by atoms with Gasteiger partial charge in [-0.3, -0.25) is 9.59 Å². The molecule has 0 heterocycles. The van der Waals surface area contributed by atoms with Crippen LogP contribution in [0.15, 0.2) is 42.5 Å². The van der Waals surface area contributed by atoms with Gasteiger partial charge in [-0.15, -0.1) is 0 Å². The minimum atomic E-state index is -0.612. The third kappa shape index (κ3) is 6.49. The summed E-state index contributed by atoms with van der Waals surface area (Å²) in [5.41, 5.74) is 3.04. The van der Waals surface area contributed by atoms with Crippen molar-refractivity contribution in [1.82, 2.24) is 10.2 Å². The molecule has 0 spiro atoms. The lowest BCUT2D eigenvalue weighted by molar-refractivity contribution is -0.143. The Labute approximate surface area is 184 Å². The Bertz CT molecular complexity index is 883. The lowest BCUT2D eigenvalue weighted by Crippen LogP contribution is -2.51. The van der Waals surface area contributed by atoms with Gasteiger partial charge in [-0.25, -0.2) is 0 Å². The number of amides is 2. The van der Waals surface area contributed by atoms with E-state index in [1.807, 2.05) is 71.0 Å². The second-order valence-electron chi connectivity index (χ2n) is 7.74. The van der Waals surface area contributed by atoms with Gasteiger partial charge in [0.2, 0.25) is 5.91 Å². The summed E-state index contributed by atoms with van der Waals surface area (Å²) in [6.45, 7) is 9.78. The fraction of sp³-hybridized carbons (Fsp3) is 0.417. The van der Waals surface area contributed by atoms with E-state index in [0.717, 1.165) is 16.7 Å². The highest BCUT2D eigenvalue weighted by molar-refractivity contribution is 6.31. The van der Waals surface area contributed by atoms with E-state index in [4.69, 9.17) is 16.3 Å². The molecule has 2 aromatic rings. The molecule has 5 nitrogen and oxygen atoms in total. The molecular formula is C24H31ClN2O3. The molecule has 0 aliphatic carbocycles. The first-order valence-electron chi connectivity index (χ1n) is 10.3. The van der Waals surface area contributed by atoms with E-state index in [9.17, 15) is 9.59 Å². The molecule has 0 aliphatic heterocycles. The molecular weight excluding hydrogens is 400 g/mol. The van der Waals surface area contributed by atoms with Crippen LogP contribution in [0.2, 0.25) is 5.02 Å². The second kappa shape index (κ2) is 11.0. The van der Waals surface area contributed by atoms with E-state index in [0.29, 0.717) is 17.2 Å². The first-order chi connectivity index (χ1) is 14.2. The fourth-order valence-corrected chi connectivity index (χ4v) is 3.34. The van der Waals surface area contributed by atoms with Crippen molar-refractivity contribution < 1.29 is 14.3 Å². The summed E-state index contributed by atoms with van der Waals surface area (Å²) in [5.74, 6) is 0.182. The Morgan fingerprint density at radius 2 is 1.80 bits per heavy atom. The molecule has 0 bridgehead atoms. The van der Waals surface area contributed by atoms with Gasteiger partial charge in [0, 0.05) is 17.6 Å². The van der Waals surface area contributed by atoms with Gasteiger partial charge in [-0.2, -0.15) is 0 Å². The highest BCUT2D eigenvalue weighted by Gasteiger charge is 2.29. The van der Waals surface area contributed by atoms with Gasteiger partial charge in [-0.05, 0) is 69.0 Å². The lowest BCUT2D eigenvalue weighted by Gasteiger charge is -2.31. The van der Waals surface area contributed by atoms with E-state index in [-0.39, 0.29) is 31.0 Å². The predicted molar refractivity (Wildman–Crippen MR) is 121 cm³/mol. The Hall–Kier alpha value is -2.53. The van der Waals surface area contributed by atoms with Crippen LogP contribution in [0.1, 0.15) is 43.9 Å². The molecule has 0 aliphatic rings. The lowest BCUT2D eigenvalue weighted by atomic mass is 10.1. The van der Waals surface area contributed by atoms with E-state index in [2.05, 4.69) is 5.32 Å². The average molecular weight is 431 g/mol. The molecule has 2 amide bonds. The normalized spacial score (nSPS) is 11.8. The second-order valence-corrected chi connectivity index (χ2v) is 8.14. The van der Waals surface area contributed by atoms with Crippen molar-refractivity contribution in [1.29, 1.82) is 0 Å². The van der Waals surface area contributed by atoms with Gasteiger partial charge in [0.1, 0.15) is 11.8 Å². The largest absolute Gasteiger partial charge is 0.484 e. The maximum atomic E-state index is 13.2. The topological polar surface area (TPSA) is 58.6 Å². The Morgan fingerprint density at radius 1 is 1.10 bits per heavy atom. The SMILES string of the molecule is CCC(C(=O)NC(C)C)N(Cc1ccccc1Cl)C(=O)COc1ccc(C)c(C)c1. The average Bonchev–Trinajstić information content (AvgIpc) is 2.69. The van der Waals surface area contributed by atoms with Crippen molar-refractivity contribution in [2.75, 3.05) is 6.61 Å². The summed E-state index contributed by atoms with van der Waals surface area (Å²) in [5, 5.41) is 3.47. The van der Waals surface area contributed by atoms with Crippen LogP contribution in [-0.4, -0.2) is 35.4 Å². The monoisotopic (exact) mass is 430 g/mol. The molecule has 2 rings (SSSR count). The van der Waals surface area contributed by atoms with E-state index in [1.165, 1.54) is 0 Å². The van der Waals surface area contributed by atoms with Gasteiger partial charge in [0.25, 0.3) is 5.91 Å². The Balaban J connectivity index is 2.23. The van der Waals surface area contributed by atoms with Gasteiger partial charge in [-0.1, -0.05) is 42.8 Å². The van der Waals surface area contributed by atoms with Crippen molar-refractivity contribution in [3.63, 3.8) is 0 Å². The van der Waals surface area contributed by atoms with Crippen molar-refractivity contribution in [2.24, 2.45) is 0 Å². The molecule has 30 heavy (non-hydrogen) atoms. The summed E-state index contributed by atoms with van der Waals surface area (Å²) in [6.07, 6.45) is 0.485. The zero-order valence-corrected chi connectivity index (χ0v) is 19.1. The smallest absolute Gasteiger partial charge is 0.261 e. The molecule has 0 saturated heterocycles. The van der Waals surface area contributed by atoms with Crippen LogP contribution in [0.5, 0.6) is 5.75 Å². The molecule has 6 heteroatoms. The van der Waals surface area contributed by atoms with Crippen molar-refractivity contribution >= 4 is 23.4 Å². The summed E-state index contributed by atoms with van der Waals surface area (Å²) < 4.78 is 5.75. The number of nitrogens with one attached hydrogen (secondary N) is 1. The number of hydrogen-bond acceptors (Lipinski definition) is 3. The number of carbonyl (C=O) groups is 2. The summed E-state index contributed by atoms with van der Waals surface area (Å²) in [7, 11) is 0. The fourth-order valence-electron chi connectivity index (χ4n) is 3.14. The minimum absolute atomic E-state index is 0.0180. The maximum Gasteiger partial charge on any atom is 0.261 e. The van der Waals surface area contributed by atoms with Crippen molar-refractivity contribution in [3.8, 4) is 5.75 Å². The standard InChI is InChI=1S/C24H31ClN2O3/c1-6-22(24(29)26-16(2)3)27(14-19-9-7-8-10-21(19)25)23(28)15-30-20-12-11-17(4)18(5)13-20/h7-13,16,22H,6,14-15H2,1-5H3,(H,26,29). The summed E-state index contributed by atoms with van der Waals surface area (Å²) in [6, 6.07) is 12.4. The van der Waals surface area contributed by atoms with E-state index >= 15 is 0 Å². The number of carbonyl (C=O) groups excluding carboxylic acids is 2. The zero-order chi connectivity index (χ0) is 22.3. The Morgan fingerprint density at radius 3 is 2.40 bits per heavy atom. The number of nitrogens with zero attached hydrogens (tertiary/aromatic N) is 1. The van der Waals surface area contributed by atoms with E-state index in [1.54, 1.807) is 11.0 Å². The van der Waals surface area contributed by atoms with Gasteiger partial charge >= 0.3 is 0 Å². The summed E-state index contributed by atoms with van der Waals surface area (Å²) >= 11 is 6.32. The van der Waals surface area contributed by atoms with Gasteiger partial charge in [0.05, 0.1) is 0 Å².